The van der Waals surface area contributed by atoms with E-state index in [0.29, 0.717) is 38.3 Å². The Kier molecular flexibility index (Phi) is 5.46. The van der Waals surface area contributed by atoms with Gasteiger partial charge in [-0.15, -0.1) is 0 Å². The number of likely N-dealkylation sites (tertiary alicyclic amines) is 2. The first-order chi connectivity index (χ1) is 15.7. The highest BCUT2D eigenvalue weighted by molar-refractivity contribution is 5.79. The van der Waals surface area contributed by atoms with Gasteiger partial charge >= 0.3 is 12.2 Å². The van der Waals surface area contributed by atoms with Crippen LogP contribution in [0.2, 0.25) is 0 Å². The first-order valence-electron chi connectivity index (χ1n) is 11.2. The summed E-state index contributed by atoms with van der Waals surface area (Å²) in [5.41, 5.74) is 1.21. The fourth-order valence-corrected chi connectivity index (χ4v) is 5.10. The molecule has 11 heteroatoms. The van der Waals surface area contributed by atoms with Crippen molar-refractivity contribution in [2.24, 2.45) is 0 Å². The number of carbonyl (C=O) groups excluding carboxylic acids is 2. The van der Waals surface area contributed by atoms with Gasteiger partial charge in [-0.2, -0.15) is 13.2 Å². The number of amides is 3. The standard InChI is InChI=1S/C22H26F3N5O3/c1-13-16(22(23,24)25)4-7-30(13)15-2-3-17(26-8-15)14-9-29(10-14)21(32)28-6-5-19-18(11-28)27-20(31)12-33-19/h2-3,8,14,18-19H,4-7,9-12H2,1H3,(H,27,31)/t18-,19+/m1/s1. The van der Waals surface area contributed by atoms with Crippen LogP contribution in [0.15, 0.2) is 29.6 Å². The number of hydrogen-bond donors (Lipinski definition) is 1. The predicted molar refractivity (Wildman–Crippen MR) is 113 cm³/mol. The van der Waals surface area contributed by atoms with E-state index < -0.39 is 11.7 Å². The molecule has 0 unspecified atom stereocenters. The third-order valence-electron chi connectivity index (χ3n) is 7.02. The zero-order valence-corrected chi connectivity index (χ0v) is 18.3. The molecule has 3 amide bonds. The first kappa shape index (κ1) is 22.0. The summed E-state index contributed by atoms with van der Waals surface area (Å²) < 4.78 is 44.8. The van der Waals surface area contributed by atoms with Gasteiger partial charge < -0.3 is 24.8 Å². The minimum Gasteiger partial charge on any atom is -0.366 e. The number of urea groups is 1. The number of halogens is 3. The van der Waals surface area contributed by atoms with Crippen molar-refractivity contribution in [2.75, 3.05) is 44.2 Å². The van der Waals surface area contributed by atoms with Gasteiger partial charge in [0.1, 0.15) is 6.61 Å². The molecule has 5 rings (SSSR count). The molecule has 8 nitrogen and oxygen atoms in total. The van der Waals surface area contributed by atoms with Crippen molar-refractivity contribution < 1.29 is 27.5 Å². The van der Waals surface area contributed by atoms with E-state index in [4.69, 9.17) is 4.74 Å². The summed E-state index contributed by atoms with van der Waals surface area (Å²) in [7, 11) is 0. The monoisotopic (exact) mass is 465 g/mol. The first-order valence-corrected chi connectivity index (χ1v) is 11.2. The van der Waals surface area contributed by atoms with Gasteiger partial charge in [0.2, 0.25) is 5.91 Å². The number of aromatic nitrogens is 1. The zero-order valence-electron chi connectivity index (χ0n) is 18.3. The second-order valence-electron chi connectivity index (χ2n) is 9.05. The molecule has 1 aromatic heterocycles. The average molecular weight is 465 g/mol. The summed E-state index contributed by atoms with van der Waals surface area (Å²) >= 11 is 0. The van der Waals surface area contributed by atoms with Gasteiger partial charge in [0.05, 0.1) is 29.6 Å². The Hall–Kier alpha value is -2.82. The van der Waals surface area contributed by atoms with E-state index in [1.54, 1.807) is 27.0 Å². The summed E-state index contributed by atoms with van der Waals surface area (Å²) in [6, 6.07) is 3.41. The number of ether oxygens (including phenoxy) is 1. The van der Waals surface area contributed by atoms with Crippen LogP contribution >= 0.6 is 0 Å². The zero-order chi connectivity index (χ0) is 23.3. The molecule has 5 heterocycles. The van der Waals surface area contributed by atoms with E-state index in [1.165, 1.54) is 6.92 Å². The molecule has 4 aliphatic rings. The third-order valence-corrected chi connectivity index (χ3v) is 7.02. The summed E-state index contributed by atoms with van der Waals surface area (Å²) in [6.45, 7) is 3.97. The maximum absolute atomic E-state index is 13.1. The van der Waals surface area contributed by atoms with E-state index in [0.717, 1.165) is 5.69 Å². The van der Waals surface area contributed by atoms with Crippen LogP contribution in [-0.2, 0) is 9.53 Å². The molecule has 1 N–H and O–H groups in total. The van der Waals surface area contributed by atoms with Gasteiger partial charge in [0, 0.05) is 50.0 Å². The quantitative estimate of drug-likeness (QED) is 0.725. The molecule has 33 heavy (non-hydrogen) atoms. The van der Waals surface area contributed by atoms with Crippen LogP contribution in [-0.4, -0.2) is 84.4 Å². The highest BCUT2D eigenvalue weighted by Gasteiger charge is 2.41. The van der Waals surface area contributed by atoms with E-state index in [1.807, 2.05) is 6.07 Å². The molecule has 0 aromatic carbocycles. The van der Waals surface area contributed by atoms with Gasteiger partial charge in [0.15, 0.2) is 0 Å². The van der Waals surface area contributed by atoms with Crippen molar-refractivity contribution in [1.29, 1.82) is 0 Å². The van der Waals surface area contributed by atoms with Crippen LogP contribution in [0.5, 0.6) is 0 Å². The number of pyridine rings is 1. The maximum atomic E-state index is 13.1. The molecule has 4 aliphatic heterocycles. The lowest BCUT2D eigenvalue weighted by Crippen LogP contribution is -2.63. The third kappa shape index (κ3) is 4.14. The number of anilines is 1. The van der Waals surface area contributed by atoms with Crippen LogP contribution < -0.4 is 10.2 Å². The molecule has 3 fully saturated rings. The molecular weight excluding hydrogens is 439 g/mol. The minimum atomic E-state index is -4.31. The number of nitrogens with one attached hydrogen (secondary N) is 1. The predicted octanol–water partition coefficient (Wildman–Crippen LogP) is 2.24. The fourth-order valence-electron chi connectivity index (χ4n) is 5.10. The number of rotatable bonds is 2. The van der Waals surface area contributed by atoms with Gasteiger partial charge in [-0.05, 0) is 31.9 Å². The van der Waals surface area contributed by atoms with Crippen LogP contribution in [0, 0.1) is 0 Å². The van der Waals surface area contributed by atoms with Gasteiger partial charge in [-0.1, -0.05) is 0 Å². The highest BCUT2D eigenvalue weighted by atomic mass is 19.4. The average Bonchev–Trinajstić information content (AvgIpc) is 3.14. The Morgan fingerprint density at radius 3 is 2.64 bits per heavy atom. The normalized spacial score (nSPS) is 26.3. The molecule has 0 spiro atoms. The van der Waals surface area contributed by atoms with Crippen LogP contribution in [0.1, 0.15) is 31.4 Å². The lowest BCUT2D eigenvalue weighted by molar-refractivity contribution is -0.139. The van der Waals surface area contributed by atoms with Crippen LogP contribution in [0.3, 0.4) is 0 Å². The number of nitrogens with zero attached hydrogens (tertiary/aromatic N) is 4. The Balaban J connectivity index is 1.16. The second kappa shape index (κ2) is 8.19. The Morgan fingerprint density at radius 2 is 1.97 bits per heavy atom. The van der Waals surface area contributed by atoms with Crippen molar-refractivity contribution >= 4 is 17.6 Å². The molecule has 178 valence electrons. The Bertz CT molecular complexity index is 974. The maximum Gasteiger partial charge on any atom is 0.414 e. The summed E-state index contributed by atoms with van der Waals surface area (Å²) in [6.07, 6.45) is -2.07. The topological polar surface area (TPSA) is 78.0 Å². The smallest absolute Gasteiger partial charge is 0.366 e. The molecule has 2 atom stereocenters. The lowest BCUT2D eigenvalue weighted by atomic mass is 9.95. The Morgan fingerprint density at radius 1 is 1.18 bits per heavy atom. The van der Waals surface area contributed by atoms with Crippen LogP contribution in [0.4, 0.5) is 23.7 Å². The number of morpholine rings is 1. The Labute approximate surface area is 189 Å². The molecule has 0 saturated carbocycles. The molecule has 0 bridgehead atoms. The van der Waals surface area contributed by atoms with E-state index in [-0.39, 0.29) is 55.3 Å². The summed E-state index contributed by atoms with van der Waals surface area (Å²) in [5, 5.41) is 2.90. The number of allylic oxidation sites excluding steroid dienone is 1. The van der Waals surface area contributed by atoms with Gasteiger partial charge in [0.25, 0.3) is 0 Å². The SMILES string of the molecule is CC1=C(C(F)(F)F)CCN1c1ccc(C2CN(C(=O)N3CC[C@@H]4OCC(=O)N[C@@H]4C3)C2)nc1. The fraction of sp³-hybridized carbons (Fsp3) is 0.591. The molecule has 0 aliphatic carbocycles. The van der Waals surface area contributed by atoms with Crippen LogP contribution in [0.25, 0.3) is 0 Å². The number of hydrogen-bond acceptors (Lipinski definition) is 5. The van der Waals surface area contributed by atoms with E-state index >= 15 is 0 Å². The van der Waals surface area contributed by atoms with Gasteiger partial charge in [-0.25, -0.2) is 4.79 Å². The molecule has 1 aromatic rings. The second-order valence-corrected chi connectivity index (χ2v) is 9.05. The largest absolute Gasteiger partial charge is 0.414 e. The van der Waals surface area contributed by atoms with E-state index in [9.17, 15) is 22.8 Å². The number of alkyl halides is 3. The lowest BCUT2D eigenvalue weighted by Gasteiger charge is -2.46. The van der Waals surface area contributed by atoms with Crippen molar-refractivity contribution in [3.05, 3.63) is 35.3 Å². The van der Waals surface area contributed by atoms with Gasteiger partial charge in [-0.3, -0.25) is 9.78 Å². The minimum absolute atomic E-state index is 0.0231. The van der Waals surface area contributed by atoms with E-state index in [2.05, 4.69) is 10.3 Å². The molecular formula is C22H26F3N5O3. The van der Waals surface area contributed by atoms with Crippen molar-refractivity contribution in [3.8, 4) is 0 Å². The van der Waals surface area contributed by atoms with Crippen molar-refractivity contribution in [3.63, 3.8) is 0 Å². The van der Waals surface area contributed by atoms with Crippen molar-refractivity contribution in [1.82, 2.24) is 20.1 Å². The summed E-state index contributed by atoms with van der Waals surface area (Å²) in [5.74, 6) is -0.0578. The molecule has 3 saturated heterocycles. The number of fused-ring (bicyclic) bond motifs is 1. The summed E-state index contributed by atoms with van der Waals surface area (Å²) in [4.78, 5) is 34.1. The highest BCUT2D eigenvalue weighted by Crippen LogP contribution is 2.38. The number of piperidine rings is 1. The number of carbonyl (C=O) groups is 2. The van der Waals surface area contributed by atoms with Crippen molar-refractivity contribution in [2.45, 2.75) is 44.0 Å². The molecule has 0 radical (unpaired) electrons.